The molecule has 3 aromatic rings. The minimum Gasteiger partial charge on any atom is -0.462 e. The van der Waals surface area contributed by atoms with Crippen LogP contribution < -0.4 is 11.0 Å². The third kappa shape index (κ3) is 9.09. The van der Waals surface area contributed by atoms with Crippen LogP contribution in [-0.2, 0) is 9.47 Å². The van der Waals surface area contributed by atoms with Gasteiger partial charge in [0.2, 0.25) is 6.23 Å². The van der Waals surface area contributed by atoms with Crippen LogP contribution in [0.25, 0.3) is 11.1 Å². The zero-order valence-electron chi connectivity index (χ0n) is 26.6. The molecule has 3 N–H and O–H groups in total. The number of anilines is 1. The van der Waals surface area contributed by atoms with Crippen molar-refractivity contribution in [3.8, 4) is 11.1 Å². The van der Waals surface area contributed by atoms with Gasteiger partial charge < -0.3 is 25.0 Å². The molecule has 0 aliphatic carbocycles. The van der Waals surface area contributed by atoms with Gasteiger partial charge in [-0.25, -0.2) is 9.59 Å². The van der Waals surface area contributed by atoms with Gasteiger partial charge in [0.1, 0.15) is 11.9 Å². The number of hydrogen-bond acceptors (Lipinski definition) is 8. The number of ether oxygens (including phenoxy) is 2. The maximum Gasteiger partial charge on any atom is 0.351 e. The van der Waals surface area contributed by atoms with Crippen LogP contribution >= 0.6 is 0 Å². The number of halogens is 2. The summed E-state index contributed by atoms with van der Waals surface area (Å²) in [5.41, 5.74) is 0.219. The van der Waals surface area contributed by atoms with Crippen LogP contribution in [0.2, 0.25) is 0 Å². The van der Waals surface area contributed by atoms with E-state index >= 15 is 0 Å². The Morgan fingerprint density at radius 2 is 1.49 bits per heavy atom. The third-order valence-corrected chi connectivity index (χ3v) is 8.22. The van der Waals surface area contributed by atoms with E-state index in [1.54, 1.807) is 48.5 Å². The first-order valence-corrected chi connectivity index (χ1v) is 16.3. The summed E-state index contributed by atoms with van der Waals surface area (Å²) in [6.45, 7) is 1.63. The van der Waals surface area contributed by atoms with E-state index in [4.69, 9.17) is 9.47 Å². The van der Waals surface area contributed by atoms with Crippen LogP contribution in [0.4, 0.5) is 14.6 Å². The Kier molecular flexibility index (Phi) is 13.1. The summed E-state index contributed by atoms with van der Waals surface area (Å²) >= 11 is 0. The first-order chi connectivity index (χ1) is 22.7. The quantitative estimate of drug-likeness (QED) is 0.117. The van der Waals surface area contributed by atoms with E-state index in [1.807, 2.05) is 0 Å². The molecule has 3 atom stereocenters. The van der Waals surface area contributed by atoms with Gasteiger partial charge in [-0.15, -0.1) is 0 Å². The first kappa shape index (κ1) is 35.8. The Hall–Kier alpha value is -4.00. The van der Waals surface area contributed by atoms with Gasteiger partial charge in [0, 0.05) is 11.8 Å². The molecule has 0 spiro atoms. The van der Waals surface area contributed by atoms with Crippen LogP contribution in [0, 0.1) is 0 Å². The number of alkyl halides is 2. The molecule has 12 heteroatoms. The highest BCUT2D eigenvalue weighted by Crippen LogP contribution is 2.42. The van der Waals surface area contributed by atoms with E-state index in [2.05, 4.69) is 17.2 Å². The van der Waals surface area contributed by atoms with Gasteiger partial charge in [-0.05, 0) is 35.7 Å². The summed E-state index contributed by atoms with van der Waals surface area (Å²) in [5.74, 6) is -5.24. The van der Waals surface area contributed by atoms with Crippen molar-refractivity contribution in [3.05, 3.63) is 82.4 Å². The van der Waals surface area contributed by atoms with Crippen molar-refractivity contribution in [2.45, 2.75) is 95.5 Å². The Morgan fingerprint density at radius 3 is 2.09 bits per heavy atom. The Labute approximate surface area is 272 Å². The number of nitrogens with one attached hydrogen (secondary N) is 1. The summed E-state index contributed by atoms with van der Waals surface area (Å²) < 4.78 is 40.1. The van der Waals surface area contributed by atoms with Gasteiger partial charge in [-0.3, -0.25) is 9.36 Å². The molecule has 2 heterocycles. The van der Waals surface area contributed by atoms with Crippen molar-refractivity contribution in [3.63, 3.8) is 0 Å². The molecule has 1 aromatic heterocycles. The van der Waals surface area contributed by atoms with Crippen molar-refractivity contribution < 1.29 is 38.1 Å². The first-order valence-electron chi connectivity index (χ1n) is 16.3. The normalized spacial score (nSPS) is 18.6. The second-order valence-electron chi connectivity index (χ2n) is 11.7. The number of aliphatic hydroxyl groups excluding tert-OH is 2. The number of nitrogens with zero attached hydrogens (tertiary/aromatic N) is 2. The van der Waals surface area contributed by atoms with Crippen molar-refractivity contribution in [2.24, 2.45) is 0 Å². The Morgan fingerprint density at radius 1 is 0.915 bits per heavy atom. The van der Waals surface area contributed by atoms with E-state index in [9.17, 15) is 33.4 Å². The minimum absolute atomic E-state index is 0.174. The number of carbonyl (C=O) groups is 2. The number of aromatic nitrogens is 2. The molecule has 1 saturated heterocycles. The number of hydrogen-bond donors (Lipinski definition) is 3. The maximum atomic E-state index is 14.5. The summed E-state index contributed by atoms with van der Waals surface area (Å²) in [4.78, 5) is 42.8. The predicted molar refractivity (Wildman–Crippen MR) is 172 cm³/mol. The van der Waals surface area contributed by atoms with Crippen LogP contribution in [0.15, 0.2) is 65.6 Å². The maximum absolute atomic E-state index is 14.5. The molecule has 0 radical (unpaired) electrons. The Balaban J connectivity index is 1.38. The molecule has 254 valence electrons. The molecule has 1 aliphatic heterocycles. The van der Waals surface area contributed by atoms with Gasteiger partial charge in [-0.1, -0.05) is 101 Å². The highest BCUT2D eigenvalue weighted by atomic mass is 19.3. The number of amides is 1. The third-order valence-electron chi connectivity index (χ3n) is 8.22. The monoisotopic (exact) mass is 655 g/mol. The minimum atomic E-state index is -3.87. The number of rotatable bonds is 17. The largest absolute Gasteiger partial charge is 0.462 e. The fourth-order valence-corrected chi connectivity index (χ4v) is 5.61. The lowest BCUT2D eigenvalue weighted by Crippen LogP contribution is -2.41. The fraction of sp³-hybridized carbons (Fsp3) is 0.486. The number of benzene rings is 2. The zero-order chi connectivity index (χ0) is 33.8. The predicted octanol–water partition coefficient (Wildman–Crippen LogP) is 6.13. The molecule has 47 heavy (non-hydrogen) atoms. The molecule has 0 unspecified atom stereocenters. The topological polar surface area (TPSA) is 140 Å². The molecule has 10 nitrogen and oxygen atoms in total. The molecule has 1 aliphatic rings. The van der Waals surface area contributed by atoms with E-state index in [0.29, 0.717) is 27.9 Å². The molecular weight excluding hydrogens is 612 g/mol. The van der Waals surface area contributed by atoms with E-state index in [-0.39, 0.29) is 11.4 Å². The molecule has 1 fully saturated rings. The average molecular weight is 656 g/mol. The van der Waals surface area contributed by atoms with Gasteiger partial charge in [-0.2, -0.15) is 13.8 Å². The number of carbonyl (C=O) groups excluding carboxylic acids is 2. The van der Waals surface area contributed by atoms with Crippen LogP contribution in [0.3, 0.4) is 0 Å². The summed E-state index contributed by atoms with van der Waals surface area (Å²) in [6, 6.07) is 14.5. The smallest absolute Gasteiger partial charge is 0.351 e. The van der Waals surface area contributed by atoms with Crippen molar-refractivity contribution in [1.82, 2.24) is 9.55 Å². The van der Waals surface area contributed by atoms with Crippen molar-refractivity contribution in [1.29, 1.82) is 0 Å². The molecule has 0 bridgehead atoms. The molecule has 4 rings (SSSR count). The number of esters is 1. The van der Waals surface area contributed by atoms with Gasteiger partial charge in [0.15, 0.2) is 6.10 Å². The molecule has 2 aromatic carbocycles. The average Bonchev–Trinajstić information content (AvgIpc) is 3.30. The second kappa shape index (κ2) is 17.2. The molecule has 1 amide bonds. The number of aliphatic hydroxyl groups is 2. The zero-order valence-corrected chi connectivity index (χ0v) is 26.6. The number of unbranched alkanes of at least 4 members (excludes halogenated alkanes) is 9. The summed E-state index contributed by atoms with van der Waals surface area (Å²) in [6.07, 6.45) is 6.52. The van der Waals surface area contributed by atoms with Crippen molar-refractivity contribution >= 4 is 17.7 Å². The second-order valence-corrected chi connectivity index (χ2v) is 11.7. The van der Waals surface area contributed by atoms with Gasteiger partial charge in [0.25, 0.3) is 5.91 Å². The molecule has 0 saturated carbocycles. The lowest BCUT2D eigenvalue weighted by atomic mass is 9.95. The van der Waals surface area contributed by atoms with E-state index < -0.39 is 48.5 Å². The van der Waals surface area contributed by atoms with Gasteiger partial charge in [0.05, 0.1) is 18.8 Å². The summed E-state index contributed by atoms with van der Waals surface area (Å²) in [5, 5.41) is 21.5. The standard InChI is InChI=1S/C35H43F2N3O7/c1-2-3-4-5-6-7-8-9-10-15-22-46-32(44)27-19-14-12-17-25(27)24-16-11-13-18-26(24)31(43)38-29-20-21-40(34(45)39-29)33-35(36,37)30(42)28(23-41)47-33/h11-14,16-21,28,30,33,41-42H,2-10,15,22-23H2,1H3,(H,38,39,43,45)/t28-,30-,33-/m1/s1. The lowest BCUT2D eigenvalue weighted by Gasteiger charge is -2.21. The Bertz CT molecular complexity index is 1550. The van der Waals surface area contributed by atoms with Crippen LogP contribution in [0.1, 0.15) is 98.1 Å². The van der Waals surface area contributed by atoms with Crippen LogP contribution in [-0.4, -0.2) is 63.0 Å². The van der Waals surface area contributed by atoms with E-state index in [1.165, 1.54) is 44.9 Å². The molecular formula is C35H43F2N3O7. The summed E-state index contributed by atoms with van der Waals surface area (Å²) in [7, 11) is 0. The fourth-order valence-electron chi connectivity index (χ4n) is 5.61. The van der Waals surface area contributed by atoms with Gasteiger partial charge >= 0.3 is 17.6 Å². The lowest BCUT2D eigenvalue weighted by molar-refractivity contribution is -0.140. The van der Waals surface area contributed by atoms with E-state index in [0.717, 1.165) is 31.5 Å². The highest BCUT2D eigenvalue weighted by Gasteiger charge is 2.59. The van der Waals surface area contributed by atoms with Crippen molar-refractivity contribution in [2.75, 3.05) is 18.5 Å². The highest BCUT2D eigenvalue weighted by molar-refractivity contribution is 6.10. The van der Waals surface area contributed by atoms with Crippen LogP contribution in [0.5, 0.6) is 0 Å². The SMILES string of the molecule is CCCCCCCCCCCCOC(=O)c1ccccc1-c1ccccc1C(=O)Nc1ccn([C@@H]2O[C@H](CO)[C@@H](O)C2(F)F)c(=O)n1.